The van der Waals surface area contributed by atoms with Crippen molar-refractivity contribution in [2.24, 2.45) is 0 Å². The Morgan fingerprint density at radius 2 is 1.85 bits per heavy atom. The fourth-order valence-electron chi connectivity index (χ4n) is 2.79. The molecule has 0 fully saturated rings. The zero-order chi connectivity index (χ0) is 18.8. The third-order valence-electron chi connectivity index (χ3n) is 4.13. The standard InChI is InChI=1S/C18H15N2O6/c1-10-6-2-5-9-13(10)19-17(22)15(21)14(20(24)25)16-11-7-3-4-8-12(11)18(23)26-16/h2-9,14,16,24H,1H3,(H,19,22)/q-1. The number of benzene rings is 2. The molecule has 26 heavy (non-hydrogen) atoms. The number of Topliss-reactive ketones (excluding diaryl/α,β-unsaturated/α-hetero) is 1. The number of aryl methyl sites for hydroxylation is 1. The molecule has 1 aliphatic rings. The number of rotatable bonds is 5. The van der Waals surface area contributed by atoms with Gasteiger partial charge in [0.2, 0.25) is 5.78 Å². The SMILES string of the molecule is Cc1ccccc1NC(=O)C(=O)C(C1OC(=O)c2ccccc21)N([O-])O. The van der Waals surface area contributed by atoms with Crippen LogP contribution in [0.1, 0.15) is 27.6 Å². The number of hydrogen-bond acceptors (Lipinski definition) is 7. The zero-order valence-electron chi connectivity index (χ0n) is 13.7. The van der Waals surface area contributed by atoms with Crippen LogP contribution in [0.15, 0.2) is 48.5 Å². The Hall–Kier alpha value is -3.07. The lowest BCUT2D eigenvalue weighted by Crippen LogP contribution is -2.45. The highest BCUT2D eigenvalue weighted by Crippen LogP contribution is 2.35. The molecule has 0 aliphatic carbocycles. The number of hydrogen-bond donors (Lipinski definition) is 2. The molecule has 0 aromatic heterocycles. The molecular weight excluding hydrogens is 340 g/mol. The number of para-hydroxylation sites is 1. The predicted molar refractivity (Wildman–Crippen MR) is 90.2 cm³/mol. The molecule has 3 rings (SSSR count). The van der Waals surface area contributed by atoms with E-state index in [1.54, 1.807) is 43.3 Å². The van der Waals surface area contributed by atoms with Crippen molar-refractivity contribution in [1.82, 2.24) is 5.23 Å². The van der Waals surface area contributed by atoms with Crippen molar-refractivity contribution in [3.63, 3.8) is 0 Å². The zero-order valence-corrected chi connectivity index (χ0v) is 13.7. The third kappa shape index (κ3) is 3.21. The number of ketones is 1. The van der Waals surface area contributed by atoms with Crippen LogP contribution in [0.4, 0.5) is 5.69 Å². The second-order valence-electron chi connectivity index (χ2n) is 5.79. The summed E-state index contributed by atoms with van der Waals surface area (Å²) in [5, 5.41) is 22.7. The molecule has 2 unspecified atom stereocenters. The molecule has 8 nitrogen and oxygen atoms in total. The highest BCUT2D eigenvalue weighted by molar-refractivity contribution is 6.42. The maximum Gasteiger partial charge on any atom is 0.339 e. The lowest BCUT2D eigenvalue weighted by atomic mass is 9.97. The van der Waals surface area contributed by atoms with Crippen LogP contribution in [0.3, 0.4) is 0 Å². The molecule has 2 atom stereocenters. The molecule has 0 saturated heterocycles. The van der Waals surface area contributed by atoms with Gasteiger partial charge in [0.15, 0.2) is 6.10 Å². The monoisotopic (exact) mass is 355 g/mol. The summed E-state index contributed by atoms with van der Waals surface area (Å²) in [4.78, 5) is 36.7. The highest BCUT2D eigenvalue weighted by Gasteiger charge is 2.42. The summed E-state index contributed by atoms with van der Waals surface area (Å²) in [7, 11) is 0. The van der Waals surface area contributed by atoms with Gasteiger partial charge in [0.05, 0.1) is 5.56 Å². The Morgan fingerprint density at radius 3 is 2.54 bits per heavy atom. The lowest BCUT2D eigenvalue weighted by molar-refractivity contribution is -0.156. The second kappa shape index (κ2) is 7.04. The Bertz CT molecular complexity index is 879. The van der Waals surface area contributed by atoms with Crippen molar-refractivity contribution < 1.29 is 24.3 Å². The van der Waals surface area contributed by atoms with E-state index in [1.807, 2.05) is 0 Å². The van der Waals surface area contributed by atoms with Gasteiger partial charge in [-0.25, -0.2) is 4.79 Å². The fraction of sp³-hybridized carbons (Fsp3) is 0.167. The summed E-state index contributed by atoms with van der Waals surface area (Å²) in [6.45, 7) is 1.73. The van der Waals surface area contributed by atoms with Crippen LogP contribution in [0, 0.1) is 12.1 Å². The normalized spacial score (nSPS) is 16.8. The summed E-state index contributed by atoms with van der Waals surface area (Å²) in [5.41, 5.74) is 1.54. The second-order valence-corrected chi connectivity index (χ2v) is 5.79. The number of cyclic esters (lactones) is 1. The van der Waals surface area contributed by atoms with Gasteiger partial charge in [-0.3, -0.25) is 14.8 Å². The molecule has 8 heteroatoms. The number of carbonyl (C=O) groups is 3. The van der Waals surface area contributed by atoms with Gasteiger partial charge in [0.1, 0.15) is 6.04 Å². The van der Waals surface area contributed by atoms with E-state index in [0.717, 1.165) is 0 Å². The number of nitrogens with zero attached hydrogens (tertiary/aromatic N) is 1. The maximum atomic E-state index is 12.5. The lowest BCUT2D eigenvalue weighted by Gasteiger charge is -2.32. The molecule has 0 bridgehead atoms. The number of hydroxylamine groups is 2. The van der Waals surface area contributed by atoms with Crippen LogP contribution in [0.25, 0.3) is 0 Å². The summed E-state index contributed by atoms with van der Waals surface area (Å²) in [6, 6.07) is 11.0. The van der Waals surface area contributed by atoms with Crippen molar-refractivity contribution in [3.05, 3.63) is 70.4 Å². The van der Waals surface area contributed by atoms with Crippen LogP contribution in [0.5, 0.6) is 0 Å². The number of carbonyl (C=O) groups excluding carboxylic acids is 3. The summed E-state index contributed by atoms with van der Waals surface area (Å²) >= 11 is 0. The van der Waals surface area contributed by atoms with Crippen LogP contribution in [-0.4, -0.2) is 34.1 Å². The largest absolute Gasteiger partial charge is 0.762 e. The number of amides is 1. The van der Waals surface area contributed by atoms with E-state index in [4.69, 9.17) is 4.74 Å². The summed E-state index contributed by atoms with van der Waals surface area (Å²) in [5.74, 6) is -3.05. The average molecular weight is 355 g/mol. The average Bonchev–Trinajstić information content (AvgIpc) is 2.94. The number of anilines is 1. The predicted octanol–water partition coefficient (Wildman–Crippen LogP) is 1.97. The van der Waals surface area contributed by atoms with Gasteiger partial charge in [-0.1, -0.05) is 36.4 Å². The van der Waals surface area contributed by atoms with Gasteiger partial charge >= 0.3 is 5.97 Å². The van der Waals surface area contributed by atoms with Gasteiger partial charge in [0, 0.05) is 11.3 Å². The molecule has 0 spiro atoms. The number of esters is 1. The molecule has 1 heterocycles. The van der Waals surface area contributed by atoms with Crippen LogP contribution < -0.4 is 5.32 Å². The van der Waals surface area contributed by atoms with Gasteiger partial charge in [-0.2, -0.15) is 0 Å². The van der Waals surface area contributed by atoms with E-state index < -0.39 is 35.0 Å². The van der Waals surface area contributed by atoms with Crippen molar-refractivity contribution in [1.29, 1.82) is 0 Å². The first-order valence-electron chi connectivity index (χ1n) is 7.76. The van der Waals surface area contributed by atoms with E-state index >= 15 is 0 Å². The Kier molecular flexibility index (Phi) is 4.81. The Labute approximate surface area is 148 Å². The smallest absolute Gasteiger partial charge is 0.339 e. The molecule has 1 amide bonds. The molecule has 1 aliphatic heterocycles. The van der Waals surface area contributed by atoms with Crippen LogP contribution in [-0.2, 0) is 14.3 Å². The topological polar surface area (TPSA) is 119 Å². The van der Waals surface area contributed by atoms with Crippen molar-refractivity contribution in [2.45, 2.75) is 19.1 Å². The fourth-order valence-corrected chi connectivity index (χ4v) is 2.79. The number of nitrogens with one attached hydrogen (secondary N) is 1. The molecule has 2 N–H and O–H groups in total. The third-order valence-corrected chi connectivity index (χ3v) is 4.13. The number of fused-ring (bicyclic) bond motifs is 1. The quantitative estimate of drug-likeness (QED) is 0.478. The van der Waals surface area contributed by atoms with E-state index in [-0.39, 0.29) is 11.1 Å². The molecule has 0 saturated carbocycles. The van der Waals surface area contributed by atoms with Crippen molar-refractivity contribution >= 4 is 23.3 Å². The molecule has 0 radical (unpaired) electrons. The molecule has 134 valence electrons. The molecular formula is C18H15N2O6-. The summed E-state index contributed by atoms with van der Waals surface area (Å²) in [6.07, 6.45) is -1.38. The first-order valence-corrected chi connectivity index (χ1v) is 7.76. The minimum atomic E-state index is -1.91. The van der Waals surface area contributed by atoms with Gasteiger partial charge in [0.25, 0.3) is 5.91 Å². The first-order chi connectivity index (χ1) is 12.4. The van der Waals surface area contributed by atoms with Gasteiger partial charge in [-0.05, 0) is 24.6 Å². The minimum absolute atomic E-state index is 0.177. The van der Waals surface area contributed by atoms with E-state index in [2.05, 4.69) is 5.32 Å². The first kappa shape index (κ1) is 17.7. The van der Waals surface area contributed by atoms with Crippen LogP contribution >= 0.6 is 0 Å². The van der Waals surface area contributed by atoms with Crippen molar-refractivity contribution in [2.75, 3.05) is 5.32 Å². The molecule has 2 aromatic carbocycles. The van der Waals surface area contributed by atoms with E-state index in [1.165, 1.54) is 12.1 Å². The van der Waals surface area contributed by atoms with E-state index in [0.29, 0.717) is 11.3 Å². The highest BCUT2D eigenvalue weighted by atomic mass is 16.8. The van der Waals surface area contributed by atoms with Crippen LogP contribution in [0.2, 0.25) is 0 Å². The van der Waals surface area contributed by atoms with Gasteiger partial charge < -0.3 is 20.5 Å². The summed E-state index contributed by atoms with van der Waals surface area (Å²) < 4.78 is 5.06. The minimum Gasteiger partial charge on any atom is -0.762 e. The van der Waals surface area contributed by atoms with Gasteiger partial charge in [-0.15, -0.1) is 0 Å². The van der Waals surface area contributed by atoms with E-state index in [9.17, 15) is 24.8 Å². The molecule has 2 aromatic rings. The van der Waals surface area contributed by atoms with Crippen molar-refractivity contribution in [3.8, 4) is 0 Å². The Morgan fingerprint density at radius 1 is 1.19 bits per heavy atom. The maximum absolute atomic E-state index is 12.5. The number of ether oxygens (including phenoxy) is 1. The Balaban J connectivity index is 1.87.